The van der Waals surface area contributed by atoms with Gasteiger partial charge < -0.3 is 4.74 Å². The lowest BCUT2D eigenvalue weighted by molar-refractivity contribution is -0.142. The van der Waals surface area contributed by atoms with Gasteiger partial charge in [-0.1, -0.05) is 12.6 Å². The second-order valence-corrected chi connectivity index (χ2v) is 3.02. The van der Waals surface area contributed by atoms with Crippen LogP contribution in [0.3, 0.4) is 0 Å². The lowest BCUT2D eigenvalue weighted by Gasteiger charge is -2.10. The second-order valence-electron chi connectivity index (χ2n) is 2.00. The minimum Gasteiger partial charge on any atom is -0.468 e. The summed E-state index contributed by atoms with van der Waals surface area (Å²) in [5.41, 5.74) is 0. The van der Waals surface area contributed by atoms with Crippen molar-refractivity contribution in [3.8, 4) is 0 Å². The molecule has 3 heteroatoms. The Morgan fingerprint density at radius 1 is 1.62 bits per heavy atom. The predicted octanol–water partition coefficient (Wildman–Crippen LogP) is 1.14. The van der Waals surface area contributed by atoms with Crippen molar-refractivity contribution in [3.63, 3.8) is 0 Å². The van der Waals surface area contributed by atoms with Crippen molar-refractivity contribution in [1.29, 1.82) is 0 Å². The number of carbonyl (C=O) groups is 1. The SMILES string of the molecule is COC(=O)C(C)(C)[S]. The third kappa shape index (κ3) is 2.21. The van der Waals surface area contributed by atoms with Gasteiger partial charge in [-0.2, -0.15) is 0 Å². The monoisotopic (exact) mass is 133 g/mol. The summed E-state index contributed by atoms with van der Waals surface area (Å²) in [7, 11) is 1.33. The molecule has 1 radical (unpaired) electrons. The van der Waals surface area contributed by atoms with Crippen LogP contribution in [-0.2, 0) is 9.53 Å². The van der Waals surface area contributed by atoms with Crippen molar-refractivity contribution < 1.29 is 9.53 Å². The molecule has 0 unspecified atom stereocenters. The Kier molecular flexibility index (Phi) is 2.34. The van der Waals surface area contributed by atoms with Gasteiger partial charge in [0, 0.05) is 0 Å². The first-order chi connectivity index (χ1) is 3.48. The molecule has 0 rings (SSSR count). The summed E-state index contributed by atoms with van der Waals surface area (Å²) in [4.78, 5) is 10.5. The third-order valence-corrected chi connectivity index (χ3v) is 0.844. The number of esters is 1. The summed E-state index contributed by atoms with van der Waals surface area (Å²) in [5, 5.41) is 0. The fourth-order valence-electron chi connectivity index (χ4n) is 0.246. The van der Waals surface area contributed by atoms with Crippen molar-refractivity contribution >= 4 is 18.6 Å². The Balaban J connectivity index is 3.82. The van der Waals surface area contributed by atoms with Gasteiger partial charge in [0.1, 0.15) is 4.75 Å². The largest absolute Gasteiger partial charge is 0.468 e. The van der Waals surface area contributed by atoms with Crippen molar-refractivity contribution in [3.05, 3.63) is 0 Å². The molecule has 0 bridgehead atoms. The molecule has 47 valence electrons. The molecule has 0 N–H and O–H groups in total. The van der Waals surface area contributed by atoms with Crippen LogP contribution in [0.25, 0.3) is 0 Å². The fraction of sp³-hybridized carbons (Fsp3) is 0.800. The molecule has 0 spiro atoms. The van der Waals surface area contributed by atoms with E-state index in [2.05, 4.69) is 4.74 Å². The van der Waals surface area contributed by atoms with E-state index in [-0.39, 0.29) is 5.97 Å². The molecule has 0 atom stereocenters. The highest BCUT2D eigenvalue weighted by Crippen LogP contribution is 2.12. The second kappa shape index (κ2) is 2.40. The fourth-order valence-corrected chi connectivity index (χ4v) is 0.329. The van der Waals surface area contributed by atoms with Crippen molar-refractivity contribution in [2.75, 3.05) is 7.11 Å². The molecular weight excluding hydrogens is 124 g/mol. The van der Waals surface area contributed by atoms with Gasteiger partial charge in [-0.05, 0) is 13.8 Å². The van der Waals surface area contributed by atoms with E-state index in [4.69, 9.17) is 12.6 Å². The maximum absolute atomic E-state index is 10.5. The number of carbonyl (C=O) groups excluding carboxylic acids is 1. The molecule has 0 amide bonds. The Labute approximate surface area is 54.6 Å². The molecule has 0 saturated heterocycles. The molecule has 0 aliphatic heterocycles. The van der Waals surface area contributed by atoms with E-state index in [0.29, 0.717) is 0 Å². The van der Waals surface area contributed by atoms with Gasteiger partial charge in [0.05, 0.1) is 7.11 Å². The van der Waals surface area contributed by atoms with E-state index in [9.17, 15) is 4.79 Å². The van der Waals surface area contributed by atoms with Crippen LogP contribution in [0, 0.1) is 0 Å². The quantitative estimate of drug-likeness (QED) is 0.501. The minimum atomic E-state index is -0.769. The van der Waals surface area contributed by atoms with Gasteiger partial charge in [0.2, 0.25) is 0 Å². The number of ether oxygens (including phenoxy) is 1. The molecule has 0 aliphatic carbocycles. The molecule has 2 nitrogen and oxygen atoms in total. The van der Waals surface area contributed by atoms with E-state index >= 15 is 0 Å². The molecule has 0 heterocycles. The minimum absolute atomic E-state index is 0.354. The first kappa shape index (κ1) is 7.82. The van der Waals surface area contributed by atoms with Crippen LogP contribution in [0.2, 0.25) is 0 Å². The molecule has 0 fully saturated rings. The summed E-state index contributed by atoms with van der Waals surface area (Å²) >= 11 is 4.73. The molecular formula is C5H9O2S. The Bertz CT molecular complexity index is 93.1. The number of rotatable bonds is 1. The van der Waals surface area contributed by atoms with Gasteiger partial charge in [-0.25, -0.2) is 0 Å². The normalized spacial score (nSPS) is 11.0. The van der Waals surface area contributed by atoms with E-state index in [1.807, 2.05) is 0 Å². The summed E-state index contributed by atoms with van der Waals surface area (Å²) in [6.45, 7) is 3.27. The van der Waals surface area contributed by atoms with Crippen LogP contribution >= 0.6 is 12.6 Å². The van der Waals surface area contributed by atoms with Gasteiger partial charge in [-0.15, -0.1) is 0 Å². The summed E-state index contributed by atoms with van der Waals surface area (Å²) in [5.74, 6) is -0.354. The van der Waals surface area contributed by atoms with Gasteiger partial charge in [-0.3, -0.25) is 4.79 Å². The molecule has 8 heavy (non-hydrogen) atoms. The van der Waals surface area contributed by atoms with Crippen molar-refractivity contribution in [2.45, 2.75) is 18.6 Å². The summed E-state index contributed by atoms with van der Waals surface area (Å²) in [6.07, 6.45) is 0. The Morgan fingerprint density at radius 3 is 2.00 bits per heavy atom. The number of hydrogen-bond acceptors (Lipinski definition) is 2. The zero-order chi connectivity index (χ0) is 6.78. The van der Waals surface area contributed by atoms with Crippen molar-refractivity contribution in [2.24, 2.45) is 0 Å². The van der Waals surface area contributed by atoms with Crippen LogP contribution in [0.4, 0.5) is 0 Å². The third-order valence-electron chi connectivity index (χ3n) is 0.677. The highest BCUT2D eigenvalue weighted by Gasteiger charge is 2.23. The molecule has 0 aromatic carbocycles. The first-order valence-corrected chi connectivity index (χ1v) is 2.68. The first-order valence-electron chi connectivity index (χ1n) is 2.27. The average Bonchev–Trinajstić information content (AvgIpc) is 1.62. The van der Waals surface area contributed by atoms with E-state index in [0.717, 1.165) is 0 Å². The van der Waals surface area contributed by atoms with Gasteiger partial charge in [0.25, 0.3) is 0 Å². The lowest BCUT2D eigenvalue weighted by atomic mass is 10.2. The van der Waals surface area contributed by atoms with Crippen LogP contribution in [0.1, 0.15) is 13.8 Å². The highest BCUT2D eigenvalue weighted by atomic mass is 32.1. The highest BCUT2D eigenvalue weighted by molar-refractivity contribution is 7.82. The van der Waals surface area contributed by atoms with Gasteiger partial charge >= 0.3 is 5.97 Å². The molecule has 0 aromatic heterocycles. The lowest BCUT2D eigenvalue weighted by Crippen LogP contribution is -2.25. The van der Waals surface area contributed by atoms with Crippen molar-refractivity contribution in [1.82, 2.24) is 0 Å². The number of methoxy groups -OCH3 is 1. The zero-order valence-electron chi connectivity index (χ0n) is 5.22. The summed E-state index contributed by atoms with van der Waals surface area (Å²) in [6, 6.07) is 0. The van der Waals surface area contributed by atoms with Gasteiger partial charge in [0.15, 0.2) is 0 Å². The topological polar surface area (TPSA) is 26.3 Å². The predicted molar refractivity (Wildman–Crippen MR) is 33.7 cm³/mol. The van der Waals surface area contributed by atoms with Crippen LogP contribution in [0.15, 0.2) is 0 Å². The Morgan fingerprint density at radius 2 is 2.00 bits per heavy atom. The smallest absolute Gasteiger partial charge is 0.322 e. The van der Waals surface area contributed by atoms with Crippen LogP contribution < -0.4 is 0 Å². The van der Waals surface area contributed by atoms with Crippen LogP contribution in [-0.4, -0.2) is 17.8 Å². The Hall–Kier alpha value is -0.180. The maximum Gasteiger partial charge on any atom is 0.322 e. The van der Waals surface area contributed by atoms with E-state index in [1.165, 1.54) is 7.11 Å². The van der Waals surface area contributed by atoms with E-state index < -0.39 is 4.75 Å². The van der Waals surface area contributed by atoms with Crippen LogP contribution in [0.5, 0.6) is 0 Å². The number of hydrogen-bond donors (Lipinski definition) is 0. The standard InChI is InChI=1S/C5H9O2S/c1-5(2,8)4(6)7-3/h1-3H3. The zero-order valence-corrected chi connectivity index (χ0v) is 6.04. The molecule has 0 aliphatic rings. The van der Waals surface area contributed by atoms with E-state index in [1.54, 1.807) is 13.8 Å². The molecule has 0 aromatic rings. The average molecular weight is 133 g/mol. The summed E-state index contributed by atoms with van der Waals surface area (Å²) < 4.78 is 3.60. The maximum atomic E-state index is 10.5. The molecule has 0 saturated carbocycles.